The lowest BCUT2D eigenvalue weighted by molar-refractivity contribution is 0.0942. The van der Waals surface area contributed by atoms with E-state index >= 15 is 0 Å². The highest BCUT2D eigenvalue weighted by Gasteiger charge is 2.17. The Kier molecular flexibility index (Phi) is 5.91. The summed E-state index contributed by atoms with van der Waals surface area (Å²) in [5, 5.41) is 6.10. The number of hydrogen-bond acceptors (Lipinski definition) is 3. The van der Waals surface area contributed by atoms with E-state index < -0.39 is 0 Å². The second-order valence-electron chi connectivity index (χ2n) is 4.08. The number of carbonyl (C=O) groups excluding carboxylic acids is 1. The molecule has 0 aromatic heterocycles. The van der Waals surface area contributed by atoms with E-state index in [9.17, 15) is 4.79 Å². The van der Waals surface area contributed by atoms with Crippen molar-refractivity contribution in [1.29, 1.82) is 0 Å². The van der Waals surface area contributed by atoms with Crippen LogP contribution in [0, 0.1) is 5.92 Å². The monoisotopic (exact) mass is 334 g/mol. The van der Waals surface area contributed by atoms with Gasteiger partial charge in [0.05, 0.1) is 11.6 Å². The number of nitrogens with one attached hydrogen (secondary N) is 2. The van der Waals surface area contributed by atoms with E-state index in [2.05, 4.69) is 26.6 Å². The van der Waals surface area contributed by atoms with Crippen LogP contribution in [0.15, 0.2) is 22.7 Å². The average molecular weight is 336 g/mol. The van der Waals surface area contributed by atoms with Gasteiger partial charge in [-0.1, -0.05) is 0 Å². The number of benzene rings is 1. The number of halogens is 2. The fourth-order valence-electron chi connectivity index (χ4n) is 1.64. The third-order valence-corrected chi connectivity index (χ3v) is 3.45. The molecule has 1 aromatic rings. The van der Waals surface area contributed by atoms with Gasteiger partial charge >= 0.3 is 0 Å². The van der Waals surface area contributed by atoms with Crippen molar-refractivity contribution in [2.75, 3.05) is 26.7 Å². The predicted octanol–water partition coefficient (Wildman–Crippen LogP) is 1.83. The fourth-order valence-corrected chi connectivity index (χ4v) is 2.18. The summed E-state index contributed by atoms with van der Waals surface area (Å²) in [5.41, 5.74) is 0.643. The number of carbonyl (C=O) groups is 1. The first-order valence-corrected chi connectivity index (χ1v) is 6.32. The van der Waals surface area contributed by atoms with Gasteiger partial charge in [-0.25, -0.2) is 0 Å². The Morgan fingerprint density at radius 3 is 2.78 bits per heavy atom. The molecule has 1 aliphatic heterocycles. The molecule has 0 radical (unpaired) electrons. The zero-order chi connectivity index (χ0) is 12.3. The molecule has 0 atom stereocenters. The Balaban J connectivity index is 0.00000162. The summed E-state index contributed by atoms with van der Waals surface area (Å²) >= 11 is 3.37. The van der Waals surface area contributed by atoms with Crippen molar-refractivity contribution in [3.05, 3.63) is 28.2 Å². The molecule has 1 saturated heterocycles. The maximum atomic E-state index is 11.8. The molecule has 0 unspecified atom stereocenters. The molecule has 1 aliphatic rings. The summed E-state index contributed by atoms with van der Waals surface area (Å²) in [5.74, 6) is 1.26. The van der Waals surface area contributed by atoms with Crippen molar-refractivity contribution in [3.63, 3.8) is 0 Å². The first kappa shape index (κ1) is 15.3. The Morgan fingerprint density at radius 2 is 2.28 bits per heavy atom. The molecule has 0 spiro atoms. The minimum Gasteiger partial charge on any atom is -0.496 e. The van der Waals surface area contributed by atoms with Crippen LogP contribution < -0.4 is 15.4 Å². The van der Waals surface area contributed by atoms with Gasteiger partial charge in [-0.05, 0) is 34.1 Å². The normalized spacial score (nSPS) is 14.3. The third kappa shape index (κ3) is 3.60. The Hall–Kier alpha value is -0.780. The molecule has 1 amide bonds. The van der Waals surface area contributed by atoms with Gasteiger partial charge in [-0.2, -0.15) is 0 Å². The van der Waals surface area contributed by atoms with Crippen LogP contribution in [-0.4, -0.2) is 32.7 Å². The Labute approximate surface area is 121 Å². The summed E-state index contributed by atoms with van der Waals surface area (Å²) in [6.07, 6.45) is 0. The zero-order valence-electron chi connectivity index (χ0n) is 10.0. The molecule has 6 heteroatoms. The first-order chi connectivity index (χ1) is 8.20. The van der Waals surface area contributed by atoms with Gasteiger partial charge in [-0.15, -0.1) is 12.4 Å². The molecule has 4 nitrogen and oxygen atoms in total. The van der Waals surface area contributed by atoms with Gasteiger partial charge < -0.3 is 15.4 Å². The van der Waals surface area contributed by atoms with E-state index in [0.717, 1.165) is 29.9 Å². The van der Waals surface area contributed by atoms with Crippen LogP contribution >= 0.6 is 28.3 Å². The maximum Gasteiger partial charge on any atom is 0.251 e. The van der Waals surface area contributed by atoms with Crippen LogP contribution in [0.4, 0.5) is 0 Å². The highest BCUT2D eigenvalue weighted by atomic mass is 79.9. The van der Waals surface area contributed by atoms with E-state index in [1.165, 1.54) is 0 Å². The minimum atomic E-state index is -0.0414. The lowest BCUT2D eigenvalue weighted by Gasteiger charge is -2.27. The smallest absolute Gasteiger partial charge is 0.251 e. The highest BCUT2D eigenvalue weighted by Crippen LogP contribution is 2.25. The summed E-state index contributed by atoms with van der Waals surface area (Å²) in [7, 11) is 1.60. The largest absolute Gasteiger partial charge is 0.496 e. The molecule has 0 saturated carbocycles. The predicted molar refractivity (Wildman–Crippen MR) is 76.6 cm³/mol. The van der Waals surface area contributed by atoms with Gasteiger partial charge in [0.25, 0.3) is 5.91 Å². The molecule has 0 bridgehead atoms. The molecule has 2 N–H and O–H groups in total. The number of methoxy groups -OCH3 is 1. The zero-order valence-corrected chi connectivity index (χ0v) is 12.4. The van der Waals surface area contributed by atoms with Crippen LogP contribution in [0.25, 0.3) is 0 Å². The molecule has 1 fully saturated rings. The van der Waals surface area contributed by atoms with Crippen molar-refractivity contribution >= 4 is 34.2 Å². The van der Waals surface area contributed by atoms with E-state index in [-0.39, 0.29) is 18.3 Å². The van der Waals surface area contributed by atoms with Gasteiger partial charge in [0.2, 0.25) is 0 Å². The highest BCUT2D eigenvalue weighted by molar-refractivity contribution is 9.10. The summed E-state index contributed by atoms with van der Waals surface area (Å²) < 4.78 is 5.91. The van der Waals surface area contributed by atoms with E-state index in [1.54, 1.807) is 25.3 Å². The van der Waals surface area contributed by atoms with Crippen LogP contribution in [0.3, 0.4) is 0 Å². The quantitative estimate of drug-likeness (QED) is 0.882. The lowest BCUT2D eigenvalue weighted by atomic mass is 10.0. The molecule has 1 heterocycles. The Bertz CT molecular complexity index is 425. The number of rotatable bonds is 4. The molecule has 0 aliphatic carbocycles. The molecule has 1 aromatic carbocycles. The SMILES string of the molecule is COc1ccc(C(=O)NCC2CNC2)cc1Br.Cl. The third-order valence-electron chi connectivity index (χ3n) is 2.83. The summed E-state index contributed by atoms with van der Waals surface area (Å²) in [6.45, 7) is 2.72. The molecule has 18 heavy (non-hydrogen) atoms. The summed E-state index contributed by atoms with van der Waals surface area (Å²) in [4.78, 5) is 11.8. The Morgan fingerprint density at radius 1 is 1.56 bits per heavy atom. The van der Waals surface area contributed by atoms with Gasteiger partial charge in [0.1, 0.15) is 5.75 Å². The van der Waals surface area contributed by atoms with Gasteiger partial charge in [-0.3, -0.25) is 4.79 Å². The average Bonchev–Trinajstić information content (AvgIpc) is 2.26. The van der Waals surface area contributed by atoms with E-state index in [4.69, 9.17) is 4.74 Å². The van der Waals surface area contributed by atoms with Crippen LogP contribution in [0.5, 0.6) is 5.75 Å². The lowest BCUT2D eigenvalue weighted by Crippen LogP contribution is -2.48. The van der Waals surface area contributed by atoms with Crippen molar-refractivity contribution in [2.24, 2.45) is 5.92 Å². The first-order valence-electron chi connectivity index (χ1n) is 5.53. The van der Waals surface area contributed by atoms with Gasteiger partial charge in [0.15, 0.2) is 0 Å². The fraction of sp³-hybridized carbons (Fsp3) is 0.417. The second kappa shape index (κ2) is 6.97. The molecule has 2 rings (SSSR count). The van der Waals surface area contributed by atoms with Gasteiger partial charge in [0, 0.05) is 31.1 Å². The van der Waals surface area contributed by atoms with Crippen molar-refractivity contribution in [1.82, 2.24) is 10.6 Å². The van der Waals surface area contributed by atoms with E-state index in [0.29, 0.717) is 11.5 Å². The number of hydrogen-bond donors (Lipinski definition) is 2. The molecular weight excluding hydrogens is 320 g/mol. The second-order valence-corrected chi connectivity index (χ2v) is 4.94. The maximum absolute atomic E-state index is 11.8. The molecule has 100 valence electrons. The van der Waals surface area contributed by atoms with Crippen molar-refractivity contribution in [3.8, 4) is 5.75 Å². The molecular formula is C12H16BrClN2O2. The number of ether oxygens (including phenoxy) is 1. The van der Waals surface area contributed by atoms with Crippen molar-refractivity contribution in [2.45, 2.75) is 0 Å². The van der Waals surface area contributed by atoms with Crippen LogP contribution in [0.2, 0.25) is 0 Å². The van der Waals surface area contributed by atoms with Crippen LogP contribution in [-0.2, 0) is 0 Å². The minimum absolute atomic E-state index is 0. The topological polar surface area (TPSA) is 50.4 Å². The van der Waals surface area contributed by atoms with Crippen LogP contribution in [0.1, 0.15) is 10.4 Å². The standard InChI is InChI=1S/C12H15BrN2O2.ClH/c1-17-11-3-2-9(4-10(11)13)12(16)15-7-8-5-14-6-8;/h2-4,8,14H,5-7H2,1H3,(H,15,16);1H. The number of amides is 1. The van der Waals surface area contributed by atoms with E-state index in [1.807, 2.05) is 0 Å². The van der Waals surface area contributed by atoms with Crippen molar-refractivity contribution < 1.29 is 9.53 Å². The summed E-state index contributed by atoms with van der Waals surface area (Å²) in [6, 6.07) is 5.31.